The third-order valence-corrected chi connectivity index (χ3v) is 8.55. The van der Waals surface area contributed by atoms with E-state index < -0.39 is 23.7 Å². The molecule has 4 aromatic rings. The Balaban J connectivity index is 1.46. The first-order valence-corrected chi connectivity index (χ1v) is 15.6. The van der Waals surface area contributed by atoms with Gasteiger partial charge in [0.1, 0.15) is 6.04 Å². The summed E-state index contributed by atoms with van der Waals surface area (Å²) in [6, 6.07) is 22.9. The van der Waals surface area contributed by atoms with E-state index >= 15 is 0 Å². The van der Waals surface area contributed by atoms with Gasteiger partial charge in [-0.2, -0.15) is 13.2 Å². The summed E-state index contributed by atoms with van der Waals surface area (Å²) in [5.74, 6) is -0.573. The fourth-order valence-corrected chi connectivity index (χ4v) is 5.79. The summed E-state index contributed by atoms with van der Waals surface area (Å²) in [6.07, 6.45) is 4.32. The fourth-order valence-electron chi connectivity index (χ4n) is 5.79. The zero-order valence-corrected chi connectivity index (χ0v) is 26.5. The van der Waals surface area contributed by atoms with Crippen molar-refractivity contribution in [2.45, 2.75) is 44.1 Å². The third-order valence-electron chi connectivity index (χ3n) is 8.55. The van der Waals surface area contributed by atoms with Crippen LogP contribution in [0.4, 0.5) is 13.2 Å². The Morgan fingerprint density at radius 3 is 2.15 bits per heavy atom. The molecule has 7 nitrogen and oxygen atoms in total. The number of rotatable bonds is 10. The van der Waals surface area contributed by atoms with Gasteiger partial charge in [-0.3, -0.25) is 19.6 Å². The van der Waals surface area contributed by atoms with E-state index in [1.54, 1.807) is 17.3 Å². The van der Waals surface area contributed by atoms with E-state index in [0.29, 0.717) is 25.6 Å². The summed E-state index contributed by atoms with van der Waals surface area (Å²) in [6.45, 7) is 1.32. The van der Waals surface area contributed by atoms with Gasteiger partial charge in [0.05, 0.1) is 11.3 Å². The van der Waals surface area contributed by atoms with Crippen LogP contribution in [0.5, 0.6) is 0 Å². The van der Waals surface area contributed by atoms with Gasteiger partial charge in [0.25, 0.3) is 0 Å². The Morgan fingerprint density at radius 2 is 1.55 bits per heavy atom. The Kier molecular flexibility index (Phi) is 10.8. The molecule has 2 amide bonds. The minimum absolute atomic E-state index is 0.131. The van der Waals surface area contributed by atoms with Crippen LogP contribution in [-0.4, -0.2) is 75.8 Å². The average molecular weight is 642 g/mol. The van der Waals surface area contributed by atoms with Crippen molar-refractivity contribution in [1.29, 1.82) is 0 Å². The zero-order valence-electron chi connectivity index (χ0n) is 26.5. The molecule has 1 aliphatic heterocycles. The molecule has 0 unspecified atom stereocenters. The van der Waals surface area contributed by atoms with Crippen molar-refractivity contribution in [3.05, 3.63) is 126 Å². The van der Waals surface area contributed by atoms with Crippen LogP contribution in [0.2, 0.25) is 0 Å². The predicted octanol–water partition coefficient (Wildman–Crippen LogP) is 6.37. The maximum atomic E-state index is 14.3. The third kappa shape index (κ3) is 8.92. The topological polar surface area (TPSA) is 69.6 Å². The molecule has 1 saturated heterocycles. The van der Waals surface area contributed by atoms with Crippen LogP contribution in [0.3, 0.4) is 0 Å². The zero-order chi connectivity index (χ0) is 33.4. The summed E-state index contributed by atoms with van der Waals surface area (Å²) in [7, 11) is 4.08. The van der Waals surface area contributed by atoms with Crippen molar-refractivity contribution in [2.24, 2.45) is 0 Å². The van der Waals surface area contributed by atoms with E-state index in [4.69, 9.17) is 0 Å². The standard InChI is InChI=1S/C37H38F3N5O2/c1-43(2)33-18-22-44(23-19-33)36(47)34(24-27-6-4-3-5-7-27)45(26-28-8-10-29(11-9-28)30-16-20-41-21-17-30)35(46)15-14-32-13-12-31(25-42-32)37(38,39)40/h3-17,20-21,25,33-34H,18-19,22-24,26H2,1-2H3/t34-/m0/s1. The molecule has 0 spiro atoms. The van der Waals surface area contributed by atoms with Crippen molar-refractivity contribution < 1.29 is 22.8 Å². The van der Waals surface area contributed by atoms with Crippen LogP contribution >= 0.6 is 0 Å². The lowest BCUT2D eigenvalue weighted by Crippen LogP contribution is -2.54. The summed E-state index contributed by atoms with van der Waals surface area (Å²) in [5.41, 5.74) is 3.06. The molecule has 3 heterocycles. The van der Waals surface area contributed by atoms with Gasteiger partial charge in [-0.05, 0) is 79.5 Å². The van der Waals surface area contributed by atoms with Crippen LogP contribution in [0.1, 0.15) is 35.2 Å². The molecule has 2 aromatic carbocycles. The van der Waals surface area contributed by atoms with Crippen LogP contribution < -0.4 is 0 Å². The second kappa shape index (κ2) is 15.2. The molecular formula is C37H38F3N5O2. The number of hydrogen-bond donors (Lipinski definition) is 0. The normalized spacial score (nSPS) is 14.8. The molecule has 10 heteroatoms. The average Bonchev–Trinajstić information content (AvgIpc) is 3.09. The van der Waals surface area contributed by atoms with Gasteiger partial charge >= 0.3 is 6.18 Å². The number of hydrogen-bond acceptors (Lipinski definition) is 5. The molecule has 0 radical (unpaired) electrons. The number of halogens is 3. The lowest BCUT2D eigenvalue weighted by atomic mass is 9.98. The monoisotopic (exact) mass is 641 g/mol. The molecule has 0 aliphatic carbocycles. The Bertz CT molecular complexity index is 1640. The number of benzene rings is 2. The van der Waals surface area contributed by atoms with Crippen molar-refractivity contribution in [3.8, 4) is 11.1 Å². The summed E-state index contributed by atoms with van der Waals surface area (Å²) < 4.78 is 39.2. The molecule has 0 saturated carbocycles. The number of aromatic nitrogens is 2. The van der Waals surface area contributed by atoms with E-state index in [1.807, 2.05) is 85.7 Å². The second-order valence-electron chi connectivity index (χ2n) is 11.9. The van der Waals surface area contributed by atoms with Crippen LogP contribution in [0, 0.1) is 0 Å². The first-order valence-electron chi connectivity index (χ1n) is 15.6. The van der Waals surface area contributed by atoms with Crippen LogP contribution in [0.15, 0.2) is 104 Å². The van der Waals surface area contributed by atoms with Gasteiger partial charge in [0, 0.05) is 56.8 Å². The Labute approximate surface area is 273 Å². The van der Waals surface area contributed by atoms with Crippen molar-refractivity contribution in [3.63, 3.8) is 0 Å². The van der Waals surface area contributed by atoms with Crippen molar-refractivity contribution in [1.82, 2.24) is 24.7 Å². The number of carbonyl (C=O) groups is 2. The minimum Gasteiger partial charge on any atom is -0.341 e. The highest BCUT2D eigenvalue weighted by Crippen LogP contribution is 2.28. The second-order valence-corrected chi connectivity index (χ2v) is 11.9. The first-order chi connectivity index (χ1) is 22.6. The number of carbonyl (C=O) groups excluding carboxylic acids is 2. The van der Waals surface area contributed by atoms with Gasteiger partial charge in [-0.25, -0.2) is 0 Å². The molecule has 2 aromatic heterocycles. The Morgan fingerprint density at radius 1 is 0.894 bits per heavy atom. The lowest BCUT2D eigenvalue weighted by molar-refractivity contribution is -0.145. The molecule has 0 N–H and O–H groups in total. The van der Waals surface area contributed by atoms with E-state index in [0.717, 1.165) is 47.4 Å². The Hall–Kier alpha value is -4.83. The number of likely N-dealkylation sites (tertiary alicyclic amines) is 1. The number of piperidine rings is 1. The largest absolute Gasteiger partial charge is 0.417 e. The SMILES string of the molecule is CN(C)C1CCN(C(=O)[C@H](Cc2ccccc2)N(Cc2ccc(-c3ccncc3)cc2)C(=O)C=Cc2ccc(C(F)(F)F)cn2)CC1. The summed E-state index contributed by atoms with van der Waals surface area (Å²) in [5, 5.41) is 0. The lowest BCUT2D eigenvalue weighted by Gasteiger charge is -2.39. The highest BCUT2D eigenvalue weighted by Gasteiger charge is 2.35. The van der Waals surface area contributed by atoms with Crippen molar-refractivity contribution in [2.75, 3.05) is 27.2 Å². The smallest absolute Gasteiger partial charge is 0.341 e. The highest BCUT2D eigenvalue weighted by atomic mass is 19.4. The summed E-state index contributed by atoms with van der Waals surface area (Å²) in [4.78, 5) is 41.9. The van der Waals surface area contributed by atoms with Gasteiger partial charge in [0.15, 0.2) is 0 Å². The van der Waals surface area contributed by atoms with E-state index in [1.165, 1.54) is 18.2 Å². The molecule has 47 heavy (non-hydrogen) atoms. The molecule has 0 bridgehead atoms. The number of alkyl halides is 3. The molecule has 1 aliphatic rings. The molecule has 1 atom stereocenters. The minimum atomic E-state index is -4.51. The molecular weight excluding hydrogens is 603 g/mol. The quantitative estimate of drug-likeness (QED) is 0.188. The molecule has 1 fully saturated rings. The van der Waals surface area contributed by atoms with Gasteiger partial charge < -0.3 is 14.7 Å². The maximum Gasteiger partial charge on any atom is 0.417 e. The number of nitrogens with zero attached hydrogens (tertiary/aromatic N) is 5. The summed E-state index contributed by atoms with van der Waals surface area (Å²) >= 11 is 0. The first kappa shape index (κ1) is 33.5. The van der Waals surface area contributed by atoms with Crippen LogP contribution in [0.25, 0.3) is 17.2 Å². The fraction of sp³-hybridized carbons (Fsp3) is 0.297. The van der Waals surface area contributed by atoms with Gasteiger partial charge in [-0.15, -0.1) is 0 Å². The van der Waals surface area contributed by atoms with Crippen LogP contribution in [-0.2, 0) is 28.7 Å². The maximum absolute atomic E-state index is 14.3. The van der Waals surface area contributed by atoms with Gasteiger partial charge in [0.2, 0.25) is 11.8 Å². The van der Waals surface area contributed by atoms with E-state index in [2.05, 4.69) is 14.9 Å². The molecule has 244 valence electrons. The van der Waals surface area contributed by atoms with E-state index in [-0.39, 0.29) is 18.1 Å². The van der Waals surface area contributed by atoms with Crippen molar-refractivity contribution >= 4 is 17.9 Å². The van der Waals surface area contributed by atoms with Gasteiger partial charge in [-0.1, -0.05) is 54.6 Å². The number of pyridine rings is 2. The van der Waals surface area contributed by atoms with E-state index in [9.17, 15) is 22.8 Å². The highest BCUT2D eigenvalue weighted by molar-refractivity contribution is 5.95. The predicted molar refractivity (Wildman–Crippen MR) is 176 cm³/mol. The molecule has 5 rings (SSSR count). The number of amides is 2.